The van der Waals surface area contributed by atoms with Gasteiger partial charge in [0.15, 0.2) is 0 Å². The molecular formula is C45H49ClN10O6S. The number of anilines is 2. The highest BCUT2D eigenvalue weighted by molar-refractivity contribution is 7.90. The summed E-state index contributed by atoms with van der Waals surface area (Å²) in [6, 6.07) is 20.7. The Balaban J connectivity index is 0.933. The van der Waals surface area contributed by atoms with Crippen molar-refractivity contribution in [2.75, 3.05) is 56.6 Å². The van der Waals surface area contributed by atoms with Crippen LogP contribution in [0.15, 0.2) is 95.7 Å². The van der Waals surface area contributed by atoms with Gasteiger partial charge in [-0.3, -0.25) is 19.8 Å². The number of fused-ring (bicyclic) bond motifs is 2. The largest absolute Gasteiger partial charge is 0.384 e. The summed E-state index contributed by atoms with van der Waals surface area (Å²) in [7, 11) is -4.58. The normalized spacial score (nSPS) is 18.2. The second-order valence-electron chi connectivity index (χ2n) is 17.3. The molecule has 3 aromatic heterocycles. The lowest BCUT2D eigenvalue weighted by Gasteiger charge is -2.34. The van der Waals surface area contributed by atoms with Gasteiger partial charge in [-0.1, -0.05) is 43.2 Å². The van der Waals surface area contributed by atoms with Crippen molar-refractivity contribution in [3.63, 3.8) is 0 Å². The Labute approximate surface area is 369 Å². The Morgan fingerprint density at radius 2 is 1.89 bits per heavy atom. The molecule has 16 nitrogen and oxygen atoms in total. The number of pyridine rings is 1. The monoisotopic (exact) mass is 892 g/mol. The minimum Gasteiger partial charge on any atom is -0.384 e. The van der Waals surface area contributed by atoms with E-state index in [1.807, 2.05) is 24.3 Å². The molecule has 1 unspecified atom stereocenters. The lowest BCUT2D eigenvalue weighted by molar-refractivity contribution is -0.384. The second-order valence-corrected chi connectivity index (χ2v) is 19.4. The first-order chi connectivity index (χ1) is 30.3. The lowest BCUT2D eigenvalue weighted by Crippen LogP contribution is -2.48. The van der Waals surface area contributed by atoms with Gasteiger partial charge in [-0.2, -0.15) is 5.10 Å². The summed E-state index contributed by atoms with van der Waals surface area (Å²) in [6.07, 6.45) is 7.24. The van der Waals surface area contributed by atoms with Crippen LogP contribution >= 0.6 is 11.6 Å². The first-order valence-corrected chi connectivity index (χ1v) is 23.0. The Morgan fingerprint density at radius 3 is 2.67 bits per heavy atom. The van der Waals surface area contributed by atoms with Gasteiger partial charge in [-0.05, 0) is 96.8 Å². The fraction of sp³-hybridized carbons (Fsp3) is 0.356. The molecule has 0 bridgehead atoms. The SMILES string of the molecule is CC1(C)CCC(CNCCNc2ccc(C(=O)NS(=O)(=O)c3ccc(NC4CCN(C5COC5)C4)c([N+](=O)[O-])c3)c(-n3ncc4nc5[nH]ccc5cc43)c2)=C(c2ccc(Cl)cc2)C1. The number of carbonyl (C=O) groups is 1. The van der Waals surface area contributed by atoms with Crippen LogP contribution in [0.3, 0.4) is 0 Å². The van der Waals surface area contributed by atoms with Crippen molar-refractivity contribution in [3.8, 4) is 5.69 Å². The van der Waals surface area contributed by atoms with Crippen LogP contribution in [-0.4, -0.2) is 102 Å². The van der Waals surface area contributed by atoms with Crippen LogP contribution in [0.25, 0.3) is 33.3 Å². The Kier molecular flexibility index (Phi) is 11.7. The van der Waals surface area contributed by atoms with Gasteiger partial charge < -0.3 is 25.7 Å². The van der Waals surface area contributed by atoms with Crippen molar-refractivity contribution in [3.05, 3.63) is 117 Å². The maximum atomic E-state index is 14.1. The fourth-order valence-corrected chi connectivity index (χ4v) is 9.83. The molecule has 63 heavy (non-hydrogen) atoms. The molecule has 0 spiro atoms. The third-order valence-corrected chi connectivity index (χ3v) is 13.9. The molecule has 3 aliphatic rings. The van der Waals surface area contributed by atoms with E-state index in [-0.39, 0.29) is 22.7 Å². The summed E-state index contributed by atoms with van der Waals surface area (Å²) in [6.45, 7) is 9.43. The molecule has 18 heteroatoms. The highest BCUT2D eigenvalue weighted by Gasteiger charge is 2.34. The first-order valence-electron chi connectivity index (χ1n) is 21.1. The van der Waals surface area contributed by atoms with E-state index in [2.05, 4.69) is 66.6 Å². The summed E-state index contributed by atoms with van der Waals surface area (Å²) in [4.78, 5) is 35.3. The van der Waals surface area contributed by atoms with Gasteiger partial charge in [0.25, 0.3) is 21.6 Å². The predicted octanol–water partition coefficient (Wildman–Crippen LogP) is 7.13. The Hall–Kier alpha value is -5.85. The van der Waals surface area contributed by atoms with E-state index < -0.39 is 31.4 Å². The first kappa shape index (κ1) is 42.5. The van der Waals surface area contributed by atoms with E-state index in [1.165, 1.54) is 34.9 Å². The van der Waals surface area contributed by atoms with Crippen LogP contribution in [0.4, 0.5) is 17.1 Å². The molecule has 2 aliphatic heterocycles. The number of ether oxygens (including phenoxy) is 1. The van der Waals surface area contributed by atoms with Crippen LogP contribution in [0, 0.1) is 15.5 Å². The highest BCUT2D eigenvalue weighted by atomic mass is 35.5. The number of nitro benzene ring substituents is 1. The average Bonchev–Trinajstić information content (AvgIpc) is 4.00. The van der Waals surface area contributed by atoms with Crippen molar-refractivity contribution in [1.29, 1.82) is 0 Å². The van der Waals surface area contributed by atoms with Gasteiger partial charge in [-0.25, -0.2) is 22.8 Å². The van der Waals surface area contributed by atoms with Gasteiger partial charge in [0.1, 0.15) is 16.9 Å². The van der Waals surface area contributed by atoms with Crippen LogP contribution < -0.4 is 20.7 Å². The molecule has 6 aromatic rings. The molecule has 0 saturated carbocycles. The molecule has 5 heterocycles. The second kappa shape index (κ2) is 17.4. The molecule has 1 amide bonds. The lowest BCUT2D eigenvalue weighted by atomic mass is 9.72. The van der Waals surface area contributed by atoms with Crippen LogP contribution in [0.5, 0.6) is 0 Å². The van der Waals surface area contributed by atoms with E-state index in [4.69, 9.17) is 16.3 Å². The Bertz CT molecular complexity index is 2850. The number of aromatic nitrogens is 4. The van der Waals surface area contributed by atoms with Crippen molar-refractivity contribution >= 4 is 72.2 Å². The van der Waals surface area contributed by atoms with E-state index in [9.17, 15) is 23.3 Å². The molecule has 9 rings (SSSR count). The third-order valence-electron chi connectivity index (χ3n) is 12.3. The van der Waals surface area contributed by atoms with Gasteiger partial charge in [0.2, 0.25) is 0 Å². The molecule has 1 atom stereocenters. The van der Waals surface area contributed by atoms with E-state index >= 15 is 0 Å². The topological polar surface area (TPSA) is 201 Å². The standard InChI is InChI=1S/C45H49ClN10O6S/c1-45(2)14-11-30(37(22-45)28-3-5-31(46)6-4-28)23-47-16-17-48-32-7-9-36(40(20-32)55-41-19-29-12-15-49-43(29)52-39(41)24-50-55)44(57)53-63(60,61)35-8-10-38(42(21-35)56(58)59)51-33-13-18-54(25-33)34-26-62-27-34/h3-10,12,15,19-21,24,33-34,47-48,51H,11,13-14,16-18,22-23,25-27H2,1-2H3,(H,49,52)(H,53,57). The maximum absolute atomic E-state index is 14.1. The number of nitrogens with zero attached hydrogens (tertiary/aromatic N) is 5. The molecule has 3 aromatic carbocycles. The zero-order valence-electron chi connectivity index (χ0n) is 35.0. The molecule has 1 aliphatic carbocycles. The molecule has 2 saturated heterocycles. The fourth-order valence-electron chi connectivity index (χ4n) is 8.72. The van der Waals surface area contributed by atoms with Crippen LogP contribution in [0.1, 0.15) is 55.5 Å². The summed E-state index contributed by atoms with van der Waals surface area (Å²) in [5, 5.41) is 28.6. The highest BCUT2D eigenvalue weighted by Crippen LogP contribution is 2.43. The number of allylic oxidation sites excluding steroid dienone is 1. The number of rotatable bonds is 15. The predicted molar refractivity (Wildman–Crippen MR) is 244 cm³/mol. The maximum Gasteiger partial charge on any atom is 0.293 e. The number of benzene rings is 3. The zero-order chi connectivity index (χ0) is 43.9. The summed E-state index contributed by atoms with van der Waals surface area (Å²) in [5.74, 6) is -0.936. The number of hydrogen-bond acceptors (Lipinski definition) is 12. The van der Waals surface area contributed by atoms with Gasteiger partial charge in [-0.15, -0.1) is 0 Å². The number of halogens is 1. The van der Waals surface area contributed by atoms with E-state index in [1.54, 1.807) is 29.2 Å². The molecule has 0 radical (unpaired) electrons. The van der Waals surface area contributed by atoms with Crippen molar-refractivity contribution in [1.82, 2.24) is 34.7 Å². The quantitative estimate of drug-likeness (QED) is 0.0397. The van der Waals surface area contributed by atoms with E-state index in [0.29, 0.717) is 72.0 Å². The van der Waals surface area contributed by atoms with Crippen molar-refractivity contribution in [2.45, 2.75) is 56.5 Å². The number of nitrogens with one attached hydrogen (secondary N) is 5. The minimum absolute atomic E-state index is 0.0127. The number of carbonyl (C=O) groups excluding carboxylic acids is 1. The number of amides is 1. The van der Waals surface area contributed by atoms with Crippen molar-refractivity contribution < 1.29 is 22.9 Å². The average molecular weight is 893 g/mol. The number of likely N-dealkylation sites (tertiary alicyclic amines) is 1. The summed E-state index contributed by atoms with van der Waals surface area (Å²) < 4.78 is 36.6. The van der Waals surface area contributed by atoms with E-state index in [0.717, 1.165) is 50.2 Å². The van der Waals surface area contributed by atoms with Crippen molar-refractivity contribution in [2.24, 2.45) is 5.41 Å². The van der Waals surface area contributed by atoms with Gasteiger partial charge in [0, 0.05) is 67.1 Å². The zero-order valence-corrected chi connectivity index (χ0v) is 36.6. The molecular weight excluding hydrogens is 844 g/mol. The number of aromatic amines is 1. The Morgan fingerprint density at radius 1 is 1.06 bits per heavy atom. The minimum atomic E-state index is -4.58. The number of hydrogen-bond donors (Lipinski definition) is 5. The summed E-state index contributed by atoms with van der Waals surface area (Å²) >= 11 is 6.20. The number of H-pyrrole nitrogens is 1. The molecule has 328 valence electrons. The van der Waals surface area contributed by atoms with Crippen LogP contribution in [-0.2, 0) is 14.8 Å². The molecule has 2 fully saturated rings. The summed E-state index contributed by atoms with van der Waals surface area (Å²) in [5.41, 5.74) is 6.78. The van der Waals surface area contributed by atoms with Gasteiger partial charge in [0.05, 0.1) is 52.0 Å². The van der Waals surface area contributed by atoms with Gasteiger partial charge >= 0.3 is 0 Å². The van der Waals surface area contributed by atoms with Crippen LogP contribution in [0.2, 0.25) is 5.02 Å². The number of nitro groups is 1. The number of sulfonamides is 1. The smallest absolute Gasteiger partial charge is 0.293 e. The molecule has 5 N–H and O–H groups in total. The third kappa shape index (κ3) is 9.15.